The predicted octanol–water partition coefficient (Wildman–Crippen LogP) is 2.24. The fourth-order valence-corrected chi connectivity index (χ4v) is 4.47. The highest BCUT2D eigenvalue weighted by atomic mass is 32.1. The van der Waals surface area contributed by atoms with Crippen molar-refractivity contribution in [3.63, 3.8) is 0 Å². The van der Waals surface area contributed by atoms with E-state index in [9.17, 15) is 4.79 Å². The molecule has 23 heavy (non-hydrogen) atoms. The fourth-order valence-electron chi connectivity index (χ4n) is 3.75. The highest BCUT2D eigenvalue weighted by Gasteiger charge is 2.36. The summed E-state index contributed by atoms with van der Waals surface area (Å²) in [5.74, 6) is 0.645. The molecular formula is C16H21N5OS. The molecule has 0 radical (unpaired) electrons. The van der Waals surface area contributed by atoms with E-state index in [1.165, 1.54) is 0 Å². The van der Waals surface area contributed by atoms with Gasteiger partial charge in [-0.3, -0.25) is 9.89 Å². The number of anilines is 1. The van der Waals surface area contributed by atoms with Crippen LogP contribution in [0.1, 0.15) is 37.3 Å². The Morgan fingerprint density at radius 1 is 1.26 bits per heavy atom. The Bertz CT molecular complexity index is 641. The number of carbonyl (C=O) groups excluding carboxylic acids is 1. The van der Waals surface area contributed by atoms with E-state index in [1.807, 2.05) is 22.5 Å². The summed E-state index contributed by atoms with van der Waals surface area (Å²) in [6.07, 6.45) is 7.77. The summed E-state index contributed by atoms with van der Waals surface area (Å²) >= 11 is 1.62. The van der Waals surface area contributed by atoms with E-state index in [2.05, 4.69) is 20.1 Å². The molecule has 2 aromatic heterocycles. The third-order valence-corrected chi connectivity index (χ3v) is 5.71. The zero-order chi connectivity index (χ0) is 15.6. The van der Waals surface area contributed by atoms with Crippen LogP contribution in [0.5, 0.6) is 0 Å². The highest BCUT2D eigenvalue weighted by molar-refractivity contribution is 7.13. The Kier molecular flexibility index (Phi) is 4.03. The number of thiazole rings is 1. The second-order valence-electron chi connectivity index (χ2n) is 6.30. The molecule has 0 unspecified atom stereocenters. The maximum atomic E-state index is 13.1. The number of piperidine rings is 1. The SMILES string of the molecule is O=C([C@@H]1CCCN1c1nccs1)N1CCC[C@@H](c2ccn[nH]2)C1. The van der Waals surface area contributed by atoms with Gasteiger partial charge in [0.2, 0.25) is 5.91 Å². The number of hydrogen-bond donors (Lipinski definition) is 1. The third-order valence-electron chi connectivity index (χ3n) is 4.90. The van der Waals surface area contributed by atoms with Crippen molar-refractivity contribution in [1.82, 2.24) is 20.1 Å². The zero-order valence-corrected chi connectivity index (χ0v) is 13.8. The average Bonchev–Trinajstić information content (AvgIpc) is 3.35. The van der Waals surface area contributed by atoms with E-state index >= 15 is 0 Å². The number of nitrogens with one attached hydrogen (secondary N) is 1. The van der Waals surface area contributed by atoms with Crippen LogP contribution in [0.4, 0.5) is 5.13 Å². The number of hydrogen-bond acceptors (Lipinski definition) is 5. The van der Waals surface area contributed by atoms with Gasteiger partial charge >= 0.3 is 0 Å². The lowest BCUT2D eigenvalue weighted by Crippen LogP contribution is -2.49. The lowest BCUT2D eigenvalue weighted by Gasteiger charge is -2.35. The molecule has 4 heterocycles. The Morgan fingerprint density at radius 3 is 2.96 bits per heavy atom. The van der Waals surface area contributed by atoms with Gasteiger partial charge in [-0.15, -0.1) is 11.3 Å². The van der Waals surface area contributed by atoms with Crippen LogP contribution in [0.15, 0.2) is 23.8 Å². The predicted molar refractivity (Wildman–Crippen MR) is 89.6 cm³/mol. The molecule has 2 aliphatic rings. The van der Waals surface area contributed by atoms with Crippen molar-refractivity contribution in [2.75, 3.05) is 24.5 Å². The number of aromatic nitrogens is 3. The first-order valence-electron chi connectivity index (χ1n) is 8.27. The molecule has 2 aromatic rings. The number of carbonyl (C=O) groups is 1. The van der Waals surface area contributed by atoms with Gasteiger partial charge in [-0.2, -0.15) is 5.10 Å². The molecule has 2 atom stereocenters. The monoisotopic (exact) mass is 331 g/mol. The first kappa shape index (κ1) is 14.7. The molecule has 0 bridgehead atoms. The number of H-pyrrole nitrogens is 1. The molecule has 2 fully saturated rings. The first-order valence-corrected chi connectivity index (χ1v) is 9.15. The minimum absolute atomic E-state index is 0.0401. The summed E-state index contributed by atoms with van der Waals surface area (Å²) in [6, 6.07) is 1.98. The van der Waals surface area contributed by atoms with Crippen LogP contribution in [-0.4, -0.2) is 51.7 Å². The van der Waals surface area contributed by atoms with Gasteiger partial charge in [-0.05, 0) is 31.7 Å². The van der Waals surface area contributed by atoms with Crippen molar-refractivity contribution in [3.05, 3.63) is 29.5 Å². The Hall–Kier alpha value is -1.89. The van der Waals surface area contributed by atoms with E-state index < -0.39 is 0 Å². The normalized spacial score (nSPS) is 25.0. The maximum absolute atomic E-state index is 13.1. The Morgan fingerprint density at radius 2 is 2.17 bits per heavy atom. The molecule has 1 N–H and O–H groups in total. The average molecular weight is 331 g/mol. The molecule has 2 aliphatic heterocycles. The van der Waals surface area contributed by atoms with Gasteiger partial charge in [-0.25, -0.2) is 4.98 Å². The second kappa shape index (κ2) is 6.31. The second-order valence-corrected chi connectivity index (χ2v) is 7.17. The number of nitrogens with zero attached hydrogens (tertiary/aromatic N) is 4. The molecular weight excluding hydrogens is 310 g/mol. The number of likely N-dealkylation sites (tertiary alicyclic amines) is 1. The van der Waals surface area contributed by atoms with Gasteiger partial charge in [0.25, 0.3) is 0 Å². The molecule has 0 saturated carbocycles. The molecule has 7 heteroatoms. The number of aromatic amines is 1. The summed E-state index contributed by atoms with van der Waals surface area (Å²) in [4.78, 5) is 21.7. The number of amides is 1. The van der Waals surface area contributed by atoms with E-state index in [0.29, 0.717) is 5.92 Å². The molecule has 4 rings (SSSR count). The Balaban J connectivity index is 1.47. The highest BCUT2D eigenvalue weighted by Crippen LogP contribution is 2.31. The van der Waals surface area contributed by atoms with Gasteiger partial charge in [0.05, 0.1) is 0 Å². The van der Waals surface area contributed by atoms with Crippen LogP contribution in [0.25, 0.3) is 0 Å². The van der Waals surface area contributed by atoms with Crippen molar-refractivity contribution in [1.29, 1.82) is 0 Å². The van der Waals surface area contributed by atoms with Crippen LogP contribution >= 0.6 is 11.3 Å². The van der Waals surface area contributed by atoms with Crippen LogP contribution in [0.2, 0.25) is 0 Å². The summed E-state index contributed by atoms with van der Waals surface area (Å²) in [5, 5.41) is 10.1. The number of rotatable bonds is 3. The van der Waals surface area contributed by atoms with Crippen LogP contribution in [0.3, 0.4) is 0 Å². The fraction of sp³-hybridized carbons (Fsp3) is 0.562. The largest absolute Gasteiger partial charge is 0.340 e. The van der Waals surface area contributed by atoms with E-state index in [4.69, 9.17) is 0 Å². The van der Waals surface area contributed by atoms with Crippen molar-refractivity contribution in [2.24, 2.45) is 0 Å². The van der Waals surface area contributed by atoms with E-state index in [0.717, 1.165) is 56.1 Å². The van der Waals surface area contributed by atoms with Crippen molar-refractivity contribution < 1.29 is 4.79 Å². The minimum atomic E-state index is -0.0401. The minimum Gasteiger partial charge on any atom is -0.340 e. The van der Waals surface area contributed by atoms with Crippen molar-refractivity contribution >= 4 is 22.4 Å². The van der Waals surface area contributed by atoms with Gasteiger partial charge in [-0.1, -0.05) is 0 Å². The smallest absolute Gasteiger partial charge is 0.245 e. The molecule has 0 aliphatic carbocycles. The molecule has 0 aromatic carbocycles. The van der Waals surface area contributed by atoms with Crippen molar-refractivity contribution in [3.8, 4) is 0 Å². The topological polar surface area (TPSA) is 65.1 Å². The molecule has 2 saturated heterocycles. The first-order chi connectivity index (χ1) is 11.3. The van der Waals surface area contributed by atoms with E-state index in [1.54, 1.807) is 17.5 Å². The summed E-state index contributed by atoms with van der Waals surface area (Å²) in [7, 11) is 0. The molecule has 122 valence electrons. The van der Waals surface area contributed by atoms with Gasteiger partial charge in [0.15, 0.2) is 5.13 Å². The van der Waals surface area contributed by atoms with Crippen LogP contribution in [0, 0.1) is 0 Å². The van der Waals surface area contributed by atoms with Crippen LogP contribution < -0.4 is 4.90 Å². The standard InChI is InChI=1S/C16H21N5OS/c22-15(14-4-2-9-21(14)16-17-7-10-23-16)20-8-1-3-12(11-20)13-5-6-18-19-13/h5-7,10,12,14H,1-4,8-9,11H2,(H,18,19)/t12-,14+/m1/s1. The quantitative estimate of drug-likeness (QED) is 0.937. The van der Waals surface area contributed by atoms with Gasteiger partial charge in [0, 0.05) is 49.0 Å². The maximum Gasteiger partial charge on any atom is 0.245 e. The third kappa shape index (κ3) is 2.85. The summed E-state index contributed by atoms with van der Waals surface area (Å²) in [6.45, 7) is 2.59. The van der Waals surface area contributed by atoms with E-state index in [-0.39, 0.29) is 11.9 Å². The summed E-state index contributed by atoms with van der Waals surface area (Å²) in [5.41, 5.74) is 1.14. The van der Waals surface area contributed by atoms with Gasteiger partial charge in [0.1, 0.15) is 6.04 Å². The zero-order valence-electron chi connectivity index (χ0n) is 13.0. The molecule has 1 amide bonds. The van der Waals surface area contributed by atoms with Crippen LogP contribution in [-0.2, 0) is 4.79 Å². The Labute approximate surface area is 139 Å². The molecule has 6 nitrogen and oxygen atoms in total. The lowest BCUT2D eigenvalue weighted by atomic mass is 9.94. The summed E-state index contributed by atoms with van der Waals surface area (Å²) < 4.78 is 0. The molecule has 0 spiro atoms. The van der Waals surface area contributed by atoms with Crippen molar-refractivity contribution in [2.45, 2.75) is 37.6 Å². The van der Waals surface area contributed by atoms with Gasteiger partial charge < -0.3 is 9.80 Å². The lowest BCUT2D eigenvalue weighted by molar-refractivity contribution is -0.133.